The summed E-state index contributed by atoms with van der Waals surface area (Å²) in [4.78, 5) is 26.0. The van der Waals surface area contributed by atoms with Crippen LogP contribution < -0.4 is 5.73 Å². The van der Waals surface area contributed by atoms with Crippen molar-refractivity contribution in [1.29, 1.82) is 0 Å². The van der Waals surface area contributed by atoms with E-state index in [0.29, 0.717) is 31.2 Å². The lowest BCUT2D eigenvalue weighted by molar-refractivity contribution is -0.0919. The van der Waals surface area contributed by atoms with Gasteiger partial charge in [0, 0.05) is 12.8 Å². The van der Waals surface area contributed by atoms with Crippen LogP contribution in [0.3, 0.4) is 0 Å². The SMILES string of the molecule is CC(C)(C)OC(=O)OC(=O)N1C2(CCCC2)CC(F)(F)C1(N)Cc1ccccc1. The van der Waals surface area contributed by atoms with Crippen LogP contribution in [-0.4, -0.2) is 39.9 Å². The van der Waals surface area contributed by atoms with E-state index in [1.807, 2.05) is 0 Å². The fourth-order valence-electron chi connectivity index (χ4n) is 4.53. The molecule has 2 N–H and O–H groups in total. The molecule has 3 rings (SSSR count). The summed E-state index contributed by atoms with van der Waals surface area (Å²) in [6.45, 7) is 4.84. The van der Waals surface area contributed by atoms with Crippen LogP contribution in [0.2, 0.25) is 0 Å². The van der Waals surface area contributed by atoms with Crippen molar-refractivity contribution in [1.82, 2.24) is 4.90 Å². The number of likely N-dealkylation sites (tertiary alicyclic amines) is 1. The highest BCUT2D eigenvalue weighted by Gasteiger charge is 2.71. The van der Waals surface area contributed by atoms with Crippen LogP contribution in [0, 0.1) is 0 Å². The maximum atomic E-state index is 15.3. The maximum Gasteiger partial charge on any atom is 0.517 e. The zero-order valence-corrected chi connectivity index (χ0v) is 17.0. The topological polar surface area (TPSA) is 81.9 Å². The molecule has 1 aromatic carbocycles. The third kappa shape index (κ3) is 4.08. The number of rotatable bonds is 2. The summed E-state index contributed by atoms with van der Waals surface area (Å²) in [5.74, 6) is -3.35. The molecule has 1 saturated heterocycles. The number of nitrogens with two attached hydrogens (primary N) is 1. The second kappa shape index (κ2) is 7.23. The van der Waals surface area contributed by atoms with E-state index >= 15 is 8.78 Å². The highest BCUT2D eigenvalue weighted by molar-refractivity contribution is 5.82. The van der Waals surface area contributed by atoms with Crippen LogP contribution in [0.4, 0.5) is 18.4 Å². The zero-order chi connectivity index (χ0) is 21.5. The standard InChI is InChI=1S/C21H28F2N2O4/c1-18(2,3)29-17(27)28-16(26)25-19(11-7-8-12-19)14-20(22,23)21(25,24)13-15-9-5-4-6-10-15/h4-6,9-10H,7-8,11-14,24H2,1-3H3. The van der Waals surface area contributed by atoms with E-state index in [2.05, 4.69) is 0 Å². The minimum Gasteiger partial charge on any atom is -0.428 e. The molecule has 8 heteroatoms. The van der Waals surface area contributed by atoms with Crippen molar-refractivity contribution in [3.8, 4) is 0 Å². The lowest BCUT2D eigenvalue weighted by Crippen LogP contribution is -2.67. The summed E-state index contributed by atoms with van der Waals surface area (Å²) in [7, 11) is 0. The molecule has 1 spiro atoms. The second-order valence-corrected chi connectivity index (χ2v) is 9.07. The van der Waals surface area contributed by atoms with Crippen LogP contribution in [0.1, 0.15) is 58.4 Å². The first kappa shape index (κ1) is 21.5. The molecule has 6 nitrogen and oxygen atoms in total. The molecule has 1 unspecified atom stereocenters. The fourth-order valence-corrected chi connectivity index (χ4v) is 4.53. The minimum atomic E-state index is -3.35. The Balaban J connectivity index is 1.95. The summed E-state index contributed by atoms with van der Waals surface area (Å²) >= 11 is 0. The van der Waals surface area contributed by atoms with Crippen molar-refractivity contribution < 1.29 is 27.8 Å². The summed E-state index contributed by atoms with van der Waals surface area (Å²) < 4.78 is 40.5. The van der Waals surface area contributed by atoms with Crippen LogP contribution in [-0.2, 0) is 15.9 Å². The maximum absolute atomic E-state index is 15.3. The van der Waals surface area contributed by atoms with Gasteiger partial charge in [-0.2, -0.15) is 0 Å². The van der Waals surface area contributed by atoms with Crippen molar-refractivity contribution in [3.05, 3.63) is 35.9 Å². The van der Waals surface area contributed by atoms with E-state index in [4.69, 9.17) is 15.2 Å². The molecule has 1 atom stereocenters. The van der Waals surface area contributed by atoms with Crippen molar-refractivity contribution in [2.45, 2.75) is 82.0 Å². The Morgan fingerprint density at radius 1 is 1.14 bits per heavy atom. The zero-order valence-electron chi connectivity index (χ0n) is 17.0. The average Bonchev–Trinajstić information content (AvgIpc) is 3.07. The molecule has 1 saturated carbocycles. The average molecular weight is 410 g/mol. The number of ether oxygens (including phenoxy) is 2. The van der Waals surface area contributed by atoms with Crippen LogP contribution in [0.25, 0.3) is 0 Å². The predicted molar refractivity (Wildman–Crippen MR) is 102 cm³/mol. The number of carbonyl (C=O) groups excluding carboxylic acids is 2. The fraction of sp³-hybridized carbons (Fsp3) is 0.619. The molecule has 29 heavy (non-hydrogen) atoms. The highest BCUT2D eigenvalue weighted by atomic mass is 19.3. The van der Waals surface area contributed by atoms with Gasteiger partial charge in [-0.1, -0.05) is 43.2 Å². The van der Waals surface area contributed by atoms with E-state index < -0.39 is 41.4 Å². The Morgan fingerprint density at radius 2 is 1.72 bits per heavy atom. The van der Waals surface area contributed by atoms with Gasteiger partial charge in [-0.3, -0.25) is 4.90 Å². The third-order valence-corrected chi connectivity index (χ3v) is 5.65. The van der Waals surface area contributed by atoms with E-state index in [-0.39, 0.29) is 6.42 Å². The molecule has 1 aromatic rings. The van der Waals surface area contributed by atoms with Gasteiger partial charge in [0.25, 0.3) is 5.92 Å². The third-order valence-electron chi connectivity index (χ3n) is 5.65. The first-order chi connectivity index (χ1) is 13.4. The highest BCUT2D eigenvalue weighted by Crippen LogP contribution is 2.56. The Morgan fingerprint density at radius 3 is 2.28 bits per heavy atom. The van der Waals surface area contributed by atoms with E-state index in [1.54, 1.807) is 51.1 Å². The predicted octanol–water partition coefficient (Wildman–Crippen LogP) is 4.61. The molecule has 1 aliphatic heterocycles. The van der Waals surface area contributed by atoms with E-state index in [1.165, 1.54) is 0 Å². The smallest absolute Gasteiger partial charge is 0.428 e. The van der Waals surface area contributed by atoms with Crippen LogP contribution in [0.15, 0.2) is 30.3 Å². The molecule has 2 aliphatic rings. The van der Waals surface area contributed by atoms with Crippen molar-refractivity contribution in [3.63, 3.8) is 0 Å². The molecule has 1 amide bonds. The number of alkyl halides is 2. The van der Waals surface area contributed by atoms with E-state index in [9.17, 15) is 9.59 Å². The summed E-state index contributed by atoms with van der Waals surface area (Å²) in [6, 6.07) is 8.58. The number of hydrogen-bond donors (Lipinski definition) is 1. The minimum absolute atomic E-state index is 0.258. The largest absolute Gasteiger partial charge is 0.517 e. The van der Waals surface area contributed by atoms with Crippen molar-refractivity contribution in [2.75, 3.05) is 0 Å². The summed E-state index contributed by atoms with van der Waals surface area (Å²) in [6.07, 6.45) is -1.04. The molecule has 2 fully saturated rings. The molecular weight excluding hydrogens is 382 g/mol. The lowest BCUT2D eigenvalue weighted by Gasteiger charge is -2.42. The number of nitrogens with zero attached hydrogens (tertiary/aromatic N) is 1. The Bertz CT molecular complexity index is 773. The number of halogens is 2. The number of carbonyl (C=O) groups is 2. The van der Waals surface area contributed by atoms with Gasteiger partial charge < -0.3 is 15.2 Å². The Hall–Kier alpha value is -2.22. The molecule has 1 heterocycles. The van der Waals surface area contributed by atoms with Crippen molar-refractivity contribution in [2.24, 2.45) is 5.73 Å². The lowest BCUT2D eigenvalue weighted by atomic mass is 9.92. The molecule has 0 radical (unpaired) electrons. The van der Waals surface area contributed by atoms with Crippen LogP contribution >= 0.6 is 0 Å². The van der Waals surface area contributed by atoms with Gasteiger partial charge >= 0.3 is 12.2 Å². The van der Waals surface area contributed by atoms with Gasteiger partial charge in [-0.15, -0.1) is 0 Å². The number of amides is 1. The van der Waals surface area contributed by atoms with Gasteiger partial charge in [0.15, 0.2) is 5.66 Å². The molecule has 0 bridgehead atoms. The van der Waals surface area contributed by atoms with Gasteiger partial charge in [-0.05, 0) is 39.2 Å². The number of hydrogen-bond acceptors (Lipinski definition) is 5. The summed E-state index contributed by atoms with van der Waals surface area (Å²) in [5, 5.41) is 0. The van der Waals surface area contributed by atoms with Crippen LogP contribution in [0.5, 0.6) is 0 Å². The van der Waals surface area contributed by atoms with Gasteiger partial charge in [0.05, 0.1) is 5.54 Å². The van der Waals surface area contributed by atoms with E-state index in [0.717, 1.165) is 4.90 Å². The monoisotopic (exact) mass is 410 g/mol. The molecular formula is C21H28F2N2O4. The molecule has 0 aromatic heterocycles. The number of benzene rings is 1. The Kier molecular flexibility index (Phi) is 5.36. The van der Waals surface area contributed by atoms with Gasteiger partial charge in [0.2, 0.25) is 0 Å². The second-order valence-electron chi connectivity index (χ2n) is 9.07. The quantitative estimate of drug-likeness (QED) is 0.569. The van der Waals surface area contributed by atoms with Crippen molar-refractivity contribution >= 4 is 12.2 Å². The van der Waals surface area contributed by atoms with Gasteiger partial charge in [0.1, 0.15) is 5.60 Å². The summed E-state index contributed by atoms with van der Waals surface area (Å²) in [5.41, 5.74) is 2.54. The first-order valence-electron chi connectivity index (χ1n) is 9.84. The van der Waals surface area contributed by atoms with Gasteiger partial charge in [-0.25, -0.2) is 18.4 Å². The first-order valence-corrected chi connectivity index (χ1v) is 9.84. The Labute approximate surface area is 169 Å². The molecule has 160 valence electrons. The molecule has 1 aliphatic carbocycles. The normalized spacial score (nSPS) is 25.2.